The minimum atomic E-state index is -4.34. The number of unbranched alkanes of at least 4 members (excludes halogenated alkanes) is 9. The van der Waals surface area contributed by atoms with Crippen molar-refractivity contribution in [2.24, 2.45) is 5.73 Å². The number of allylic oxidation sites excluding steroid dienone is 11. The number of nitrogens with two attached hydrogens (primary N) is 1. The first-order valence-corrected chi connectivity index (χ1v) is 18.5. The Morgan fingerprint density at radius 2 is 1.33 bits per heavy atom. The molecule has 0 spiro atoms. The number of phosphoric ester groups is 1. The van der Waals surface area contributed by atoms with Crippen molar-refractivity contribution in [1.82, 2.24) is 5.32 Å². The van der Waals surface area contributed by atoms with Gasteiger partial charge in [0, 0.05) is 13.0 Å². The standard InChI is InChI=1S/C36H63N2O6P/c1-3-5-7-9-11-13-14-15-16-17-18-19-20-22-24-26-28-30-36(40)38-34(33-44-45(41,42)43-32-31-37)35(39)29-27-25-23-21-12-10-8-6-4-2/h4-7,11-13,15-16,21,27,29,34-35,39H,3,8-10,14,17-20,22-26,28,30-33,37H2,1-2H3,(H,38,40)(H,41,42)/b6-4+,7-5-,13-11-,16-15-,21-12+,29-27+. The van der Waals surface area contributed by atoms with Crippen LogP contribution < -0.4 is 11.1 Å². The second-order valence-electron chi connectivity index (χ2n) is 11.0. The van der Waals surface area contributed by atoms with Crippen LogP contribution in [-0.4, -0.2) is 47.8 Å². The van der Waals surface area contributed by atoms with Gasteiger partial charge in [0.15, 0.2) is 0 Å². The van der Waals surface area contributed by atoms with E-state index in [0.29, 0.717) is 6.42 Å². The van der Waals surface area contributed by atoms with E-state index in [-0.39, 0.29) is 25.7 Å². The van der Waals surface area contributed by atoms with E-state index in [1.807, 2.05) is 19.1 Å². The van der Waals surface area contributed by atoms with Crippen LogP contribution >= 0.6 is 7.82 Å². The van der Waals surface area contributed by atoms with Crippen molar-refractivity contribution >= 4 is 13.7 Å². The molecular weight excluding hydrogens is 587 g/mol. The van der Waals surface area contributed by atoms with Gasteiger partial charge in [0.1, 0.15) is 0 Å². The number of aliphatic hydroxyl groups is 1. The zero-order chi connectivity index (χ0) is 33.3. The molecule has 0 aromatic rings. The lowest BCUT2D eigenvalue weighted by molar-refractivity contribution is -0.123. The highest BCUT2D eigenvalue weighted by Crippen LogP contribution is 2.43. The summed E-state index contributed by atoms with van der Waals surface area (Å²) in [5, 5.41) is 13.5. The fraction of sp³-hybridized carbons (Fsp3) is 0.639. The molecule has 3 atom stereocenters. The third-order valence-corrected chi connectivity index (χ3v) is 7.82. The number of nitrogens with one attached hydrogen (secondary N) is 1. The Morgan fingerprint density at radius 3 is 1.98 bits per heavy atom. The number of hydrogen-bond acceptors (Lipinski definition) is 6. The molecule has 9 heteroatoms. The molecule has 0 bridgehead atoms. The van der Waals surface area contributed by atoms with E-state index in [1.165, 1.54) is 19.3 Å². The van der Waals surface area contributed by atoms with Gasteiger partial charge in [-0.25, -0.2) is 4.57 Å². The molecule has 0 aliphatic rings. The summed E-state index contributed by atoms with van der Waals surface area (Å²) < 4.78 is 21.9. The highest BCUT2D eigenvalue weighted by Gasteiger charge is 2.26. The first-order chi connectivity index (χ1) is 21.9. The summed E-state index contributed by atoms with van der Waals surface area (Å²) in [5.41, 5.74) is 5.33. The van der Waals surface area contributed by atoms with Gasteiger partial charge in [0.2, 0.25) is 5.91 Å². The lowest BCUT2D eigenvalue weighted by Gasteiger charge is -2.23. The van der Waals surface area contributed by atoms with Gasteiger partial charge in [-0.3, -0.25) is 13.8 Å². The Balaban J connectivity index is 4.36. The smallest absolute Gasteiger partial charge is 0.387 e. The number of amides is 1. The van der Waals surface area contributed by atoms with E-state index in [1.54, 1.807) is 6.08 Å². The fourth-order valence-corrected chi connectivity index (χ4v) is 5.06. The van der Waals surface area contributed by atoms with Crippen LogP contribution in [0.3, 0.4) is 0 Å². The molecule has 5 N–H and O–H groups in total. The Labute approximate surface area is 274 Å². The molecule has 45 heavy (non-hydrogen) atoms. The molecule has 0 saturated heterocycles. The van der Waals surface area contributed by atoms with Gasteiger partial charge >= 0.3 is 7.82 Å². The summed E-state index contributed by atoms with van der Waals surface area (Å²) in [4.78, 5) is 22.5. The second kappa shape index (κ2) is 31.9. The van der Waals surface area contributed by atoms with Crippen molar-refractivity contribution in [3.8, 4) is 0 Å². The molecule has 1 amide bonds. The van der Waals surface area contributed by atoms with E-state index < -0.39 is 20.0 Å². The van der Waals surface area contributed by atoms with Crippen molar-refractivity contribution in [1.29, 1.82) is 0 Å². The third-order valence-electron chi connectivity index (χ3n) is 6.84. The molecule has 0 fully saturated rings. The topological polar surface area (TPSA) is 131 Å². The third kappa shape index (κ3) is 30.4. The first-order valence-electron chi connectivity index (χ1n) is 17.0. The minimum absolute atomic E-state index is 0.0658. The first kappa shape index (κ1) is 42.9. The number of rotatable bonds is 30. The monoisotopic (exact) mass is 650 g/mol. The maximum atomic E-state index is 12.6. The number of carbonyl (C=O) groups excluding carboxylic acids is 1. The molecular formula is C36H63N2O6P. The van der Waals surface area contributed by atoms with E-state index in [0.717, 1.165) is 77.0 Å². The van der Waals surface area contributed by atoms with Crippen molar-refractivity contribution in [3.05, 3.63) is 72.9 Å². The SMILES string of the molecule is C/C=C/CC/C=C/CC/C=C/C(O)C(COP(=O)(O)OCCN)NC(=O)CCCCCCCCC/C=C\C/C=C\C/C=C\CC. The normalized spacial score (nSPS) is 15.4. The van der Waals surface area contributed by atoms with Gasteiger partial charge in [-0.2, -0.15) is 0 Å². The van der Waals surface area contributed by atoms with E-state index in [4.69, 9.17) is 14.8 Å². The van der Waals surface area contributed by atoms with Crippen LogP contribution in [0.15, 0.2) is 72.9 Å². The van der Waals surface area contributed by atoms with Gasteiger partial charge in [0.05, 0.1) is 25.4 Å². The van der Waals surface area contributed by atoms with Crippen LogP contribution in [0.4, 0.5) is 0 Å². The molecule has 0 aromatic carbocycles. The Morgan fingerprint density at radius 1 is 0.778 bits per heavy atom. The van der Waals surface area contributed by atoms with Gasteiger partial charge in [-0.15, -0.1) is 0 Å². The average Bonchev–Trinajstić information content (AvgIpc) is 3.02. The Bertz CT molecular complexity index is 929. The predicted molar refractivity (Wildman–Crippen MR) is 189 cm³/mol. The lowest BCUT2D eigenvalue weighted by atomic mass is 10.1. The van der Waals surface area contributed by atoms with E-state index in [2.05, 4.69) is 66.9 Å². The molecule has 0 aliphatic carbocycles. The van der Waals surface area contributed by atoms with Crippen molar-refractivity contribution < 1.29 is 28.4 Å². The summed E-state index contributed by atoms with van der Waals surface area (Å²) in [6, 6.07) is -0.889. The van der Waals surface area contributed by atoms with E-state index >= 15 is 0 Å². The highest BCUT2D eigenvalue weighted by molar-refractivity contribution is 7.47. The zero-order valence-electron chi connectivity index (χ0n) is 28.1. The molecule has 0 aliphatic heterocycles. The molecule has 258 valence electrons. The maximum Gasteiger partial charge on any atom is 0.472 e. The summed E-state index contributed by atoms with van der Waals surface area (Å²) in [7, 11) is -4.34. The largest absolute Gasteiger partial charge is 0.472 e. The molecule has 0 rings (SSSR count). The van der Waals surface area contributed by atoms with Crippen LogP contribution in [0.1, 0.15) is 117 Å². The van der Waals surface area contributed by atoms with Crippen LogP contribution in [0, 0.1) is 0 Å². The summed E-state index contributed by atoms with van der Waals surface area (Å²) >= 11 is 0. The predicted octanol–water partition coefficient (Wildman–Crippen LogP) is 8.54. The van der Waals surface area contributed by atoms with Crippen molar-refractivity contribution in [3.63, 3.8) is 0 Å². The summed E-state index contributed by atoms with van der Waals surface area (Å²) in [6.45, 7) is 3.71. The van der Waals surface area contributed by atoms with Gasteiger partial charge in [-0.05, 0) is 71.1 Å². The lowest BCUT2D eigenvalue weighted by Crippen LogP contribution is -2.45. The molecule has 8 nitrogen and oxygen atoms in total. The number of phosphoric acid groups is 1. The summed E-state index contributed by atoms with van der Waals surface area (Å²) in [6.07, 6.45) is 39.7. The van der Waals surface area contributed by atoms with Crippen LogP contribution in [-0.2, 0) is 18.4 Å². The number of carbonyl (C=O) groups is 1. The number of hydrogen-bond donors (Lipinski definition) is 4. The number of aliphatic hydroxyl groups excluding tert-OH is 1. The molecule has 0 aromatic heterocycles. The average molecular weight is 651 g/mol. The molecule has 0 saturated carbocycles. The van der Waals surface area contributed by atoms with Gasteiger partial charge in [-0.1, -0.05) is 112 Å². The second-order valence-corrected chi connectivity index (χ2v) is 12.4. The quantitative estimate of drug-likeness (QED) is 0.0348. The van der Waals surface area contributed by atoms with Gasteiger partial charge in [0.25, 0.3) is 0 Å². The Hall–Kier alpha value is -2.06. The fourth-order valence-electron chi connectivity index (χ4n) is 4.30. The Kier molecular flexibility index (Phi) is 30.4. The van der Waals surface area contributed by atoms with Gasteiger partial charge < -0.3 is 21.1 Å². The van der Waals surface area contributed by atoms with Crippen molar-refractivity contribution in [2.45, 2.75) is 129 Å². The molecule has 0 radical (unpaired) electrons. The molecule has 3 unspecified atom stereocenters. The van der Waals surface area contributed by atoms with Crippen molar-refractivity contribution in [2.75, 3.05) is 19.8 Å². The van der Waals surface area contributed by atoms with E-state index in [9.17, 15) is 19.4 Å². The minimum Gasteiger partial charge on any atom is -0.387 e. The van der Waals surface area contributed by atoms with Crippen LogP contribution in [0.5, 0.6) is 0 Å². The van der Waals surface area contributed by atoms with Crippen LogP contribution in [0.2, 0.25) is 0 Å². The maximum absolute atomic E-state index is 12.6. The summed E-state index contributed by atoms with van der Waals surface area (Å²) in [5.74, 6) is -0.227. The highest BCUT2D eigenvalue weighted by atomic mass is 31.2. The molecule has 0 heterocycles. The zero-order valence-corrected chi connectivity index (χ0v) is 29.0. The van der Waals surface area contributed by atoms with Crippen LogP contribution in [0.25, 0.3) is 0 Å².